The van der Waals surface area contributed by atoms with Gasteiger partial charge in [0.1, 0.15) is 11.5 Å². The van der Waals surface area contributed by atoms with Gasteiger partial charge >= 0.3 is 11.9 Å². The van der Waals surface area contributed by atoms with E-state index in [9.17, 15) is 19.8 Å². The number of methoxy groups -OCH3 is 2. The number of benzene rings is 2. The van der Waals surface area contributed by atoms with Crippen molar-refractivity contribution in [1.29, 1.82) is 0 Å². The molecule has 0 fully saturated rings. The molecule has 0 aliphatic rings. The first-order valence-electron chi connectivity index (χ1n) is 16.2. The normalized spacial score (nSPS) is 10.2. The van der Waals surface area contributed by atoms with Crippen molar-refractivity contribution >= 4 is 24.1 Å². The van der Waals surface area contributed by atoms with Crippen molar-refractivity contribution in [3.63, 3.8) is 0 Å². The molecule has 46 heavy (non-hydrogen) atoms. The van der Waals surface area contributed by atoms with Gasteiger partial charge < -0.3 is 41.4 Å². The first-order chi connectivity index (χ1) is 22.1. The molecule has 10 heteroatoms. The first-order valence-corrected chi connectivity index (χ1v) is 16.2. The number of aliphatic carboxylic acids is 2. The number of rotatable bonds is 18. The molecule has 0 heterocycles. The number of quaternary nitrogens is 2. The minimum atomic E-state index is -1.03. The molecule has 8 N–H and O–H groups in total. The van der Waals surface area contributed by atoms with Gasteiger partial charge in [-0.2, -0.15) is 0 Å². The van der Waals surface area contributed by atoms with E-state index in [0.29, 0.717) is 11.1 Å². The Bertz CT molecular complexity index is 1020. The molecule has 0 unspecified atom stereocenters. The van der Waals surface area contributed by atoms with Crippen molar-refractivity contribution in [3.05, 3.63) is 59.7 Å². The van der Waals surface area contributed by atoms with Crippen LogP contribution in [0.3, 0.4) is 0 Å². The van der Waals surface area contributed by atoms with Crippen LogP contribution in [0.15, 0.2) is 48.6 Å². The fourth-order valence-electron chi connectivity index (χ4n) is 3.82. The van der Waals surface area contributed by atoms with E-state index in [-0.39, 0.29) is 23.0 Å². The number of carboxylic acid groups (broad SMARTS) is 2. The Kier molecular flexibility index (Phi) is 29.7. The van der Waals surface area contributed by atoms with Crippen LogP contribution in [-0.4, -0.2) is 49.5 Å². The predicted octanol–water partition coefficient (Wildman–Crippen LogP) is 4.91. The Labute approximate surface area is 275 Å². The third-order valence-electron chi connectivity index (χ3n) is 6.42. The molecule has 2 aromatic carbocycles. The molecule has 0 aliphatic heterocycles. The highest BCUT2D eigenvalue weighted by atomic mass is 16.5. The molecule has 2 aromatic rings. The number of hydrogen-bond donors (Lipinski definition) is 4. The van der Waals surface area contributed by atoms with Crippen molar-refractivity contribution in [2.45, 2.75) is 90.9 Å². The Morgan fingerprint density at radius 2 is 0.957 bits per heavy atom. The fourth-order valence-corrected chi connectivity index (χ4v) is 3.82. The maximum absolute atomic E-state index is 11.1. The Balaban J connectivity index is 0. The molecular weight excluding hydrogens is 588 g/mol. The van der Waals surface area contributed by atoms with Crippen LogP contribution in [-0.2, 0) is 9.59 Å². The summed E-state index contributed by atoms with van der Waals surface area (Å²) >= 11 is 0. The van der Waals surface area contributed by atoms with Crippen molar-refractivity contribution in [1.82, 2.24) is 0 Å². The maximum atomic E-state index is 11.1. The number of carbonyl (C=O) groups is 2. The van der Waals surface area contributed by atoms with E-state index < -0.39 is 11.9 Å². The lowest BCUT2D eigenvalue weighted by molar-refractivity contribution is -0.368. The molecule has 0 atom stereocenters. The predicted molar refractivity (Wildman–Crippen MR) is 180 cm³/mol. The van der Waals surface area contributed by atoms with Crippen LogP contribution in [0.4, 0.5) is 0 Å². The zero-order valence-electron chi connectivity index (χ0n) is 28.4. The molecule has 260 valence electrons. The number of carboxylic acids is 2. The molecule has 0 radical (unpaired) electrons. The van der Waals surface area contributed by atoms with Crippen LogP contribution in [0.25, 0.3) is 12.2 Å². The molecule has 0 aliphatic carbocycles. The quantitative estimate of drug-likeness (QED) is 0.129. The van der Waals surface area contributed by atoms with E-state index in [1.54, 1.807) is 0 Å². The van der Waals surface area contributed by atoms with Gasteiger partial charge in [-0.15, -0.1) is 0 Å². The molecule has 10 nitrogen and oxygen atoms in total. The van der Waals surface area contributed by atoms with E-state index in [2.05, 4.69) is 25.3 Å². The summed E-state index contributed by atoms with van der Waals surface area (Å²) in [6.45, 7) is 6.74. The topological polar surface area (TPSA) is 194 Å². The first kappa shape index (κ1) is 44.1. The van der Waals surface area contributed by atoms with Crippen LogP contribution in [0.2, 0.25) is 0 Å². The van der Waals surface area contributed by atoms with Crippen molar-refractivity contribution < 1.29 is 51.0 Å². The van der Waals surface area contributed by atoms with Gasteiger partial charge in [-0.25, -0.2) is 9.59 Å². The fraction of sp³-hybridized carbons (Fsp3) is 0.500. The second-order valence-corrected chi connectivity index (χ2v) is 10.4. The van der Waals surface area contributed by atoms with Gasteiger partial charge in [-0.3, -0.25) is 0 Å². The van der Waals surface area contributed by atoms with E-state index in [1.807, 2.05) is 0 Å². The van der Waals surface area contributed by atoms with E-state index in [1.165, 1.54) is 140 Å². The van der Waals surface area contributed by atoms with Crippen LogP contribution in [0, 0.1) is 0 Å². The summed E-state index contributed by atoms with van der Waals surface area (Å²) in [6.07, 6.45) is 21.4. The van der Waals surface area contributed by atoms with Crippen LogP contribution >= 0.6 is 0 Å². The Morgan fingerprint density at radius 1 is 0.630 bits per heavy atom. The molecular formula is C36H58N2O8. The standard InChI is InChI=1S/2C10H10O4.2C8H19N/c2*1-14-9-6-7(2-4-8(9)11)3-5-10(12)13;2*1-2-3-4-5-6-7-8-9/h2*2-6,11H,1H3,(H,12,13);2*2-9H2,1H3/b2*5-3+;;. The molecule has 0 spiro atoms. The van der Waals surface area contributed by atoms with Crippen LogP contribution in [0.1, 0.15) is 102 Å². The summed E-state index contributed by atoms with van der Waals surface area (Å²) in [5, 5.41) is 38.9. The summed E-state index contributed by atoms with van der Waals surface area (Å²) in [7, 11) is 2.78. The van der Waals surface area contributed by atoms with E-state index >= 15 is 0 Å². The lowest BCUT2D eigenvalue weighted by atomic mass is 10.1. The maximum Gasteiger partial charge on any atom is 0.328 e. The summed E-state index contributed by atoms with van der Waals surface area (Å²) in [5.41, 5.74) is 8.84. The smallest absolute Gasteiger partial charge is 0.328 e. The molecule has 0 saturated heterocycles. The summed E-state index contributed by atoms with van der Waals surface area (Å²) in [5.74, 6) is -2.10. The lowest BCUT2D eigenvalue weighted by Gasteiger charge is -2.11. The Hall–Kier alpha value is -4.02. The summed E-state index contributed by atoms with van der Waals surface area (Å²) in [4.78, 5) is 20.4. The van der Waals surface area contributed by atoms with Gasteiger partial charge in [0, 0.05) is 12.2 Å². The van der Waals surface area contributed by atoms with Gasteiger partial charge in [0.15, 0.2) is 0 Å². The number of unbranched alkanes of at least 4 members (excludes halogenated alkanes) is 10. The SMILES string of the molecule is CCCCCCCC[NH3+].CCCCCCCC[NH3+].COc1cc(/C=C/C(=O)O)ccc1[O-].COc1cc(/C=C/C(=O)O)ccc1[O-]. The molecule has 0 aromatic heterocycles. The highest BCUT2D eigenvalue weighted by Crippen LogP contribution is 2.25. The lowest BCUT2D eigenvalue weighted by Crippen LogP contribution is -2.50. The average Bonchev–Trinajstić information content (AvgIpc) is 3.04. The average molecular weight is 647 g/mol. The second kappa shape index (κ2) is 31.0. The van der Waals surface area contributed by atoms with Gasteiger partial charge in [0.05, 0.1) is 27.3 Å². The molecule has 2 rings (SSSR count). The van der Waals surface area contributed by atoms with Crippen molar-refractivity contribution in [2.75, 3.05) is 27.3 Å². The van der Waals surface area contributed by atoms with Crippen LogP contribution in [0.5, 0.6) is 23.0 Å². The molecule has 0 bridgehead atoms. The van der Waals surface area contributed by atoms with Gasteiger partial charge in [0.2, 0.25) is 0 Å². The zero-order valence-corrected chi connectivity index (χ0v) is 28.4. The third-order valence-corrected chi connectivity index (χ3v) is 6.42. The van der Waals surface area contributed by atoms with Gasteiger partial charge in [-0.05, 0) is 61.1 Å². The van der Waals surface area contributed by atoms with E-state index in [0.717, 1.165) is 25.2 Å². The van der Waals surface area contributed by atoms with Crippen molar-refractivity contribution in [2.24, 2.45) is 0 Å². The second-order valence-electron chi connectivity index (χ2n) is 10.4. The van der Waals surface area contributed by atoms with Crippen LogP contribution < -0.4 is 31.2 Å². The minimum absolute atomic E-state index is 0.206. The largest absolute Gasteiger partial charge is 0.870 e. The number of ether oxygens (including phenoxy) is 2. The summed E-state index contributed by atoms with van der Waals surface area (Å²) in [6, 6.07) is 8.71. The van der Waals surface area contributed by atoms with Gasteiger partial charge in [-0.1, -0.05) is 101 Å². The van der Waals surface area contributed by atoms with Crippen molar-refractivity contribution in [3.8, 4) is 23.0 Å². The summed E-state index contributed by atoms with van der Waals surface area (Å²) < 4.78 is 9.60. The van der Waals surface area contributed by atoms with Gasteiger partial charge in [0.25, 0.3) is 0 Å². The number of hydrogen-bond acceptors (Lipinski definition) is 6. The van der Waals surface area contributed by atoms with E-state index in [4.69, 9.17) is 19.7 Å². The minimum Gasteiger partial charge on any atom is -0.870 e. The zero-order chi connectivity index (χ0) is 35.0. The Morgan fingerprint density at radius 3 is 1.24 bits per heavy atom. The highest BCUT2D eigenvalue weighted by Gasteiger charge is 1.96. The third kappa shape index (κ3) is 26.4. The molecule has 0 saturated carbocycles. The highest BCUT2D eigenvalue weighted by molar-refractivity contribution is 5.85. The molecule has 0 amide bonds. The monoisotopic (exact) mass is 646 g/mol.